The summed E-state index contributed by atoms with van der Waals surface area (Å²) >= 11 is 0. The molecule has 0 aromatic heterocycles. The van der Waals surface area contributed by atoms with Crippen LogP contribution >= 0.6 is 0 Å². The van der Waals surface area contributed by atoms with Crippen LogP contribution in [0, 0.1) is 23.7 Å². The average Bonchev–Trinajstić information content (AvgIpc) is 2.53. The summed E-state index contributed by atoms with van der Waals surface area (Å²) < 4.78 is 0. The van der Waals surface area contributed by atoms with Gasteiger partial charge < -0.3 is 5.11 Å². The highest BCUT2D eigenvalue weighted by molar-refractivity contribution is 5.22. The smallest absolute Gasteiger partial charge is 0.0924 e. The van der Waals surface area contributed by atoms with Crippen LogP contribution in [0.15, 0.2) is 60.7 Å². The summed E-state index contributed by atoms with van der Waals surface area (Å²) in [4.78, 5) is 0. The van der Waals surface area contributed by atoms with Crippen LogP contribution in [0.5, 0.6) is 0 Å². The Morgan fingerprint density at radius 1 is 0.857 bits per heavy atom. The summed E-state index contributed by atoms with van der Waals surface area (Å²) in [6.07, 6.45) is 0.421. The van der Waals surface area contributed by atoms with Crippen LogP contribution in [-0.2, 0) is 6.42 Å². The van der Waals surface area contributed by atoms with Gasteiger partial charge in [-0.25, -0.2) is 0 Å². The highest BCUT2D eigenvalue weighted by Gasteiger charge is 2.13. The molecule has 3 atom stereocenters. The molecule has 0 aliphatic heterocycles. The Balaban J connectivity index is 1.95. The van der Waals surface area contributed by atoms with Gasteiger partial charge in [0.25, 0.3) is 0 Å². The lowest BCUT2D eigenvalue weighted by Gasteiger charge is -2.14. The van der Waals surface area contributed by atoms with Crippen molar-refractivity contribution in [2.75, 3.05) is 0 Å². The van der Waals surface area contributed by atoms with Crippen LogP contribution in [-0.4, -0.2) is 5.11 Å². The number of hydrogen-bond donors (Lipinski definition) is 1. The minimum atomic E-state index is -0.525. The van der Waals surface area contributed by atoms with Gasteiger partial charge in [-0.2, -0.15) is 0 Å². The van der Waals surface area contributed by atoms with E-state index in [0.717, 1.165) is 12.0 Å². The Morgan fingerprint density at radius 3 is 2.05 bits per heavy atom. The summed E-state index contributed by atoms with van der Waals surface area (Å²) in [5.74, 6) is 6.70. The fraction of sp³-hybridized carbons (Fsp3) is 0.300. The van der Waals surface area contributed by atoms with Crippen LogP contribution in [0.4, 0.5) is 0 Å². The van der Waals surface area contributed by atoms with Crippen molar-refractivity contribution in [2.45, 2.75) is 26.4 Å². The second-order valence-corrected chi connectivity index (χ2v) is 5.52. The van der Waals surface area contributed by atoms with Crippen molar-refractivity contribution in [3.63, 3.8) is 0 Å². The minimum absolute atomic E-state index is 0.0642. The SMILES string of the molecule is CC(C#CC(C)C(O)c1ccccc1)Cc1ccccc1. The van der Waals surface area contributed by atoms with Gasteiger partial charge in [-0.15, -0.1) is 0 Å². The molecular formula is C20H22O. The molecule has 1 heteroatoms. The largest absolute Gasteiger partial charge is 0.387 e. The van der Waals surface area contributed by atoms with Gasteiger partial charge in [-0.1, -0.05) is 79.4 Å². The van der Waals surface area contributed by atoms with Crippen molar-refractivity contribution in [2.24, 2.45) is 11.8 Å². The van der Waals surface area contributed by atoms with Gasteiger partial charge in [0, 0.05) is 11.8 Å². The van der Waals surface area contributed by atoms with Gasteiger partial charge in [0.15, 0.2) is 0 Å². The molecule has 0 saturated carbocycles. The lowest BCUT2D eigenvalue weighted by atomic mass is 9.96. The molecule has 0 fully saturated rings. The zero-order chi connectivity index (χ0) is 15.1. The molecule has 0 aliphatic rings. The van der Waals surface area contributed by atoms with E-state index in [9.17, 15) is 5.11 Å². The molecule has 21 heavy (non-hydrogen) atoms. The molecular weight excluding hydrogens is 256 g/mol. The number of hydrogen-bond acceptors (Lipinski definition) is 1. The molecule has 0 radical (unpaired) electrons. The van der Waals surface area contributed by atoms with Crippen LogP contribution in [0.1, 0.15) is 31.1 Å². The van der Waals surface area contributed by atoms with Crippen molar-refractivity contribution in [1.82, 2.24) is 0 Å². The predicted molar refractivity (Wildman–Crippen MR) is 87.7 cm³/mol. The highest BCUT2D eigenvalue weighted by atomic mass is 16.3. The first kappa shape index (κ1) is 15.4. The summed E-state index contributed by atoms with van der Waals surface area (Å²) in [7, 11) is 0. The summed E-state index contributed by atoms with van der Waals surface area (Å²) in [6, 6.07) is 20.1. The molecule has 2 rings (SSSR count). The van der Waals surface area contributed by atoms with E-state index < -0.39 is 6.10 Å². The lowest BCUT2D eigenvalue weighted by Crippen LogP contribution is -2.07. The van der Waals surface area contributed by atoms with Crippen molar-refractivity contribution < 1.29 is 5.11 Å². The second-order valence-electron chi connectivity index (χ2n) is 5.52. The molecule has 0 heterocycles. The molecule has 3 unspecified atom stereocenters. The maximum atomic E-state index is 10.3. The second kappa shape index (κ2) is 7.67. The van der Waals surface area contributed by atoms with Gasteiger partial charge in [-0.3, -0.25) is 0 Å². The third-order valence-electron chi connectivity index (χ3n) is 3.56. The van der Waals surface area contributed by atoms with Gasteiger partial charge >= 0.3 is 0 Å². The van der Waals surface area contributed by atoms with E-state index in [-0.39, 0.29) is 11.8 Å². The van der Waals surface area contributed by atoms with E-state index in [0.29, 0.717) is 0 Å². The van der Waals surface area contributed by atoms with E-state index in [1.165, 1.54) is 5.56 Å². The molecule has 2 aromatic carbocycles. The van der Waals surface area contributed by atoms with Crippen molar-refractivity contribution in [3.8, 4) is 11.8 Å². The number of benzene rings is 2. The Labute approximate surface area is 127 Å². The summed E-state index contributed by atoms with van der Waals surface area (Å²) in [5, 5.41) is 10.3. The van der Waals surface area contributed by atoms with Gasteiger partial charge in [0.2, 0.25) is 0 Å². The maximum Gasteiger partial charge on any atom is 0.0924 e. The molecule has 1 N–H and O–H groups in total. The van der Waals surface area contributed by atoms with Crippen LogP contribution < -0.4 is 0 Å². The summed E-state index contributed by atoms with van der Waals surface area (Å²) in [6.45, 7) is 4.10. The van der Waals surface area contributed by atoms with E-state index in [1.807, 2.05) is 43.3 Å². The van der Waals surface area contributed by atoms with Gasteiger partial charge in [0.1, 0.15) is 0 Å². The number of aliphatic hydroxyl groups is 1. The molecule has 0 bridgehead atoms. The van der Waals surface area contributed by atoms with Gasteiger partial charge in [-0.05, 0) is 24.5 Å². The first-order valence-electron chi connectivity index (χ1n) is 7.45. The Kier molecular flexibility index (Phi) is 5.60. The van der Waals surface area contributed by atoms with Crippen molar-refractivity contribution in [1.29, 1.82) is 0 Å². The van der Waals surface area contributed by atoms with Crippen molar-refractivity contribution in [3.05, 3.63) is 71.8 Å². The minimum Gasteiger partial charge on any atom is -0.387 e. The molecule has 2 aromatic rings. The van der Waals surface area contributed by atoms with Crippen LogP contribution in [0.2, 0.25) is 0 Å². The third kappa shape index (κ3) is 4.77. The van der Waals surface area contributed by atoms with Crippen molar-refractivity contribution >= 4 is 0 Å². The molecule has 0 aliphatic carbocycles. The molecule has 1 nitrogen and oxygen atoms in total. The van der Waals surface area contributed by atoms with E-state index in [1.54, 1.807) is 0 Å². The Bertz CT molecular complexity index is 592. The first-order chi connectivity index (χ1) is 10.2. The Morgan fingerprint density at radius 2 is 1.43 bits per heavy atom. The normalized spacial score (nSPS) is 14.6. The van der Waals surface area contributed by atoms with E-state index in [2.05, 4.69) is 43.0 Å². The standard InChI is InChI=1S/C20H22O/c1-16(15-18-9-5-3-6-10-18)13-14-17(2)20(21)19-11-7-4-8-12-19/h3-12,16-17,20-21H,15H2,1-2H3. The van der Waals surface area contributed by atoms with E-state index >= 15 is 0 Å². The highest BCUT2D eigenvalue weighted by Crippen LogP contribution is 2.20. The lowest BCUT2D eigenvalue weighted by molar-refractivity contribution is 0.143. The fourth-order valence-corrected chi connectivity index (χ4v) is 2.31. The monoisotopic (exact) mass is 278 g/mol. The number of rotatable bonds is 4. The number of aliphatic hydroxyl groups excluding tert-OH is 1. The Hall–Kier alpha value is -2.04. The molecule has 108 valence electrons. The molecule has 0 spiro atoms. The molecule has 0 saturated heterocycles. The van der Waals surface area contributed by atoms with Gasteiger partial charge in [0.05, 0.1) is 6.10 Å². The third-order valence-corrected chi connectivity index (χ3v) is 3.56. The summed E-state index contributed by atoms with van der Waals surface area (Å²) in [5.41, 5.74) is 2.23. The maximum absolute atomic E-state index is 10.3. The first-order valence-corrected chi connectivity index (χ1v) is 7.45. The van der Waals surface area contributed by atoms with Crippen LogP contribution in [0.3, 0.4) is 0 Å². The zero-order valence-corrected chi connectivity index (χ0v) is 12.7. The zero-order valence-electron chi connectivity index (χ0n) is 12.7. The quantitative estimate of drug-likeness (QED) is 0.829. The van der Waals surface area contributed by atoms with E-state index in [4.69, 9.17) is 0 Å². The fourth-order valence-electron chi connectivity index (χ4n) is 2.31. The molecule has 0 amide bonds. The topological polar surface area (TPSA) is 20.2 Å². The van der Waals surface area contributed by atoms with Crippen LogP contribution in [0.25, 0.3) is 0 Å². The predicted octanol–water partition coefficient (Wildman–Crippen LogP) is 4.24. The average molecular weight is 278 g/mol.